The molecule has 3 aromatic rings. The molecule has 13 heteroatoms. The molecule has 0 spiro atoms. The molecule has 0 bridgehead atoms. The first-order valence-electron chi connectivity index (χ1n) is 16.0. The fourth-order valence-electron chi connectivity index (χ4n) is 4.09. The topological polar surface area (TPSA) is 178 Å². The van der Waals surface area contributed by atoms with Crippen molar-refractivity contribution in [2.75, 3.05) is 39.9 Å². The molecule has 284 valence electrons. The van der Waals surface area contributed by atoms with Crippen molar-refractivity contribution in [2.45, 2.75) is 39.5 Å². The second-order valence-electron chi connectivity index (χ2n) is 10.2. The van der Waals surface area contributed by atoms with E-state index in [0.29, 0.717) is 54.2 Å². The molecule has 0 saturated carbocycles. The minimum Gasteiger partial charge on any atom is -0.508 e. The van der Waals surface area contributed by atoms with Crippen molar-refractivity contribution in [3.63, 3.8) is 0 Å². The largest absolute Gasteiger partial charge is 0.508 e. The van der Waals surface area contributed by atoms with Crippen LogP contribution >= 0.6 is 15.9 Å². The van der Waals surface area contributed by atoms with Crippen LogP contribution < -0.4 is 9.47 Å². The van der Waals surface area contributed by atoms with E-state index in [1.54, 1.807) is 36.4 Å². The highest BCUT2D eigenvalue weighted by molar-refractivity contribution is 9.09. The van der Waals surface area contributed by atoms with Crippen LogP contribution in [0.15, 0.2) is 80.4 Å². The molecule has 0 aromatic heterocycles. The predicted octanol–water partition coefficient (Wildman–Crippen LogP) is 7.84. The molecule has 12 nitrogen and oxygen atoms in total. The summed E-state index contributed by atoms with van der Waals surface area (Å²) in [5.74, 6) is -1.11. The van der Waals surface area contributed by atoms with E-state index in [1.807, 2.05) is 13.8 Å². The number of esters is 3. The first-order valence-corrected chi connectivity index (χ1v) is 17.1. The molecule has 0 atom stereocenters. The van der Waals surface area contributed by atoms with Crippen molar-refractivity contribution in [3.8, 4) is 34.5 Å². The van der Waals surface area contributed by atoms with Crippen molar-refractivity contribution in [3.05, 3.63) is 108 Å². The molecule has 0 saturated heterocycles. The third kappa shape index (κ3) is 15.6. The lowest BCUT2D eigenvalue weighted by Gasteiger charge is -2.14. The Morgan fingerprint density at radius 3 is 1.69 bits per heavy atom. The van der Waals surface area contributed by atoms with Gasteiger partial charge in [-0.15, -0.1) is 6.58 Å². The minimum atomic E-state index is -0.632. The maximum absolute atomic E-state index is 11.6. The van der Waals surface area contributed by atoms with Gasteiger partial charge in [0.2, 0.25) is 0 Å². The normalized spacial score (nSPS) is 9.50. The number of ether oxygens (including phenoxy) is 5. The zero-order valence-electron chi connectivity index (χ0n) is 30.3. The summed E-state index contributed by atoms with van der Waals surface area (Å²) in [6, 6.07) is 10.1. The van der Waals surface area contributed by atoms with Crippen LogP contribution in [0.4, 0.5) is 0 Å². The maximum Gasteiger partial charge on any atom is 0.341 e. The molecule has 52 heavy (non-hydrogen) atoms. The molecule has 0 amide bonds. The van der Waals surface area contributed by atoms with Crippen LogP contribution in [0.1, 0.15) is 68.9 Å². The molecule has 0 heterocycles. The average Bonchev–Trinajstić information content (AvgIpc) is 3.15. The van der Waals surface area contributed by atoms with Crippen molar-refractivity contribution in [2.24, 2.45) is 0 Å². The number of aromatic hydroxyl groups is 4. The molecule has 4 N–H and O–H groups in total. The van der Waals surface area contributed by atoms with E-state index in [9.17, 15) is 24.6 Å². The molecule has 0 radical (unpaired) electrons. The number of alkyl halides is 1. The van der Waals surface area contributed by atoms with Gasteiger partial charge in [-0.05, 0) is 48.7 Å². The predicted molar refractivity (Wildman–Crippen MR) is 203 cm³/mol. The van der Waals surface area contributed by atoms with Crippen LogP contribution in [-0.2, 0) is 27.1 Å². The summed E-state index contributed by atoms with van der Waals surface area (Å²) >= 11 is 3.13. The molecule has 0 aliphatic carbocycles. The third-order valence-corrected chi connectivity index (χ3v) is 6.91. The number of aryl methyl sites for hydroxylation is 1. The number of carbonyl (C=O) groups excluding carboxylic acids is 3. The highest BCUT2D eigenvalue weighted by atomic mass is 79.9. The van der Waals surface area contributed by atoms with Gasteiger partial charge in [-0.1, -0.05) is 74.0 Å². The van der Waals surface area contributed by atoms with Gasteiger partial charge in [0.05, 0.1) is 21.3 Å². The van der Waals surface area contributed by atoms with E-state index in [1.165, 1.54) is 39.5 Å². The molecule has 3 rings (SSSR count). The van der Waals surface area contributed by atoms with Gasteiger partial charge in [-0.2, -0.15) is 0 Å². The minimum absolute atomic E-state index is 0.0373. The van der Waals surface area contributed by atoms with E-state index < -0.39 is 17.9 Å². The van der Waals surface area contributed by atoms with Gasteiger partial charge in [0.25, 0.3) is 0 Å². The van der Waals surface area contributed by atoms with Crippen molar-refractivity contribution < 1.29 is 58.5 Å². The standard InChI is InChI=1S/C14H16O4.C14H20O4.C8H8O4.C3H5Br/c1-4-8-17-11-6-7-12(14(15)16-3)13(10-11)18-9-5-2;1-4-6-9-8-11(14(17)18-3)13(16)10(7-5-2)12(9)15;1-12-8(11)6-3-2-5(9)4-7(6)10;1-2-3-4/h4-7,10H,1-2,8-9H2,3H3;8,15-16H,4-7H2,1-3H3;2-4,9-10H,1H3;2H,1,3H2. The zero-order valence-corrected chi connectivity index (χ0v) is 31.9. The van der Waals surface area contributed by atoms with Crippen molar-refractivity contribution in [1.82, 2.24) is 0 Å². The number of carbonyl (C=O) groups is 3. The summed E-state index contributed by atoms with van der Waals surface area (Å²) in [5, 5.41) is 39.0. The van der Waals surface area contributed by atoms with Crippen LogP contribution in [0, 0.1) is 0 Å². The van der Waals surface area contributed by atoms with Crippen LogP contribution in [0.25, 0.3) is 0 Å². The fourth-order valence-corrected chi connectivity index (χ4v) is 4.09. The number of hydrogen-bond acceptors (Lipinski definition) is 12. The molecule has 0 aliphatic heterocycles. The van der Waals surface area contributed by atoms with Crippen LogP contribution in [0.5, 0.6) is 34.5 Å². The van der Waals surface area contributed by atoms with Crippen LogP contribution in [0.3, 0.4) is 0 Å². The fraction of sp³-hybridized carbons (Fsp3) is 0.308. The van der Waals surface area contributed by atoms with E-state index in [4.69, 9.17) is 19.7 Å². The van der Waals surface area contributed by atoms with Crippen molar-refractivity contribution in [1.29, 1.82) is 0 Å². The number of allylic oxidation sites excluding steroid dienone is 1. The van der Waals surface area contributed by atoms with Gasteiger partial charge in [0, 0.05) is 23.0 Å². The SMILES string of the molecule is C=CCBr.C=CCOc1ccc(C(=O)OC)c(OCC=C)c1.CCCc1cc(C(=O)OC)c(O)c(CCC)c1O.COC(=O)c1ccc(O)cc1O. The lowest BCUT2D eigenvalue weighted by atomic mass is 9.97. The van der Waals surface area contributed by atoms with E-state index in [-0.39, 0.29) is 34.1 Å². The smallest absolute Gasteiger partial charge is 0.341 e. The van der Waals surface area contributed by atoms with Gasteiger partial charge in [0.15, 0.2) is 0 Å². The number of phenolic OH excluding ortho intramolecular Hbond substituents is 4. The summed E-state index contributed by atoms with van der Waals surface area (Å²) in [6.07, 6.45) is 7.84. The first-order chi connectivity index (χ1) is 24.8. The van der Waals surface area contributed by atoms with Gasteiger partial charge in [-0.3, -0.25) is 0 Å². The molecular weight excluding hydrogens is 740 g/mol. The zero-order chi connectivity index (χ0) is 39.6. The summed E-state index contributed by atoms with van der Waals surface area (Å²) in [6.45, 7) is 15.2. The Balaban J connectivity index is 0.000000725. The maximum atomic E-state index is 11.6. The lowest BCUT2D eigenvalue weighted by molar-refractivity contribution is 0.0587. The van der Waals surface area contributed by atoms with E-state index >= 15 is 0 Å². The first kappa shape index (κ1) is 46.6. The monoisotopic (exact) mass is 788 g/mol. The van der Waals surface area contributed by atoms with E-state index in [0.717, 1.165) is 24.2 Å². The number of benzene rings is 3. The highest BCUT2D eigenvalue weighted by Gasteiger charge is 2.21. The number of hydrogen-bond donors (Lipinski definition) is 4. The molecule has 0 unspecified atom stereocenters. The second kappa shape index (κ2) is 26.4. The molecular formula is C39H49BrO12. The number of rotatable bonds is 14. The molecule has 0 aliphatic rings. The van der Waals surface area contributed by atoms with Crippen LogP contribution in [0.2, 0.25) is 0 Å². The molecule has 0 fully saturated rings. The molecule has 3 aromatic carbocycles. The average molecular weight is 790 g/mol. The Kier molecular flexibility index (Phi) is 23.6. The summed E-state index contributed by atoms with van der Waals surface area (Å²) in [4.78, 5) is 34.0. The number of methoxy groups -OCH3 is 3. The van der Waals surface area contributed by atoms with Gasteiger partial charge >= 0.3 is 17.9 Å². The van der Waals surface area contributed by atoms with Crippen LogP contribution in [-0.4, -0.2) is 78.2 Å². The summed E-state index contributed by atoms with van der Waals surface area (Å²) in [7, 11) is 3.81. The Morgan fingerprint density at radius 2 is 1.19 bits per heavy atom. The Hall–Kier alpha value is -5.43. The van der Waals surface area contributed by atoms with Gasteiger partial charge < -0.3 is 44.1 Å². The van der Waals surface area contributed by atoms with E-state index in [2.05, 4.69) is 49.9 Å². The van der Waals surface area contributed by atoms with Gasteiger partial charge in [0.1, 0.15) is 64.4 Å². The second-order valence-corrected chi connectivity index (χ2v) is 10.9. The number of halogens is 1. The lowest BCUT2D eigenvalue weighted by Crippen LogP contribution is -2.06. The third-order valence-electron chi connectivity index (χ3n) is 6.45. The van der Waals surface area contributed by atoms with Gasteiger partial charge in [-0.25, -0.2) is 14.4 Å². The quantitative estimate of drug-likeness (QED) is 0.0539. The Morgan fingerprint density at radius 1 is 0.673 bits per heavy atom. The van der Waals surface area contributed by atoms with Crippen molar-refractivity contribution >= 4 is 33.8 Å². The summed E-state index contributed by atoms with van der Waals surface area (Å²) < 4.78 is 24.5. The Labute approximate surface area is 313 Å². The Bertz CT molecular complexity index is 1620. The number of phenols is 4. The summed E-state index contributed by atoms with van der Waals surface area (Å²) in [5.41, 5.74) is 1.63. The highest BCUT2D eigenvalue weighted by Crippen LogP contribution is 2.36.